The zero-order valence-corrected chi connectivity index (χ0v) is 8.27. The number of anilines is 1. The van der Waals surface area contributed by atoms with E-state index in [1.165, 1.54) is 14.0 Å². The molecule has 0 saturated carbocycles. The number of carbonyl (C=O) groups excluding carboxylic acids is 2. The standard InChI is InChI=1S/C7H11N5O3/c1-3(6(14)15-2)9-5(13)4-10-7(8)12-11-4/h3H,1-2H3,(H,9,13)(H3,8,10,11,12)/t3-/m0/s1. The predicted molar refractivity (Wildman–Crippen MR) is 49.7 cm³/mol. The first-order valence-electron chi connectivity index (χ1n) is 4.11. The van der Waals surface area contributed by atoms with Gasteiger partial charge in [0, 0.05) is 0 Å². The van der Waals surface area contributed by atoms with Crippen LogP contribution in [-0.2, 0) is 9.53 Å². The lowest BCUT2D eigenvalue weighted by molar-refractivity contribution is -0.142. The number of aromatic amines is 1. The average Bonchev–Trinajstić information content (AvgIpc) is 2.63. The number of nitrogens with two attached hydrogens (primary N) is 1. The van der Waals surface area contributed by atoms with Crippen molar-refractivity contribution in [3.8, 4) is 0 Å². The summed E-state index contributed by atoms with van der Waals surface area (Å²) in [6.07, 6.45) is 0. The second-order valence-electron chi connectivity index (χ2n) is 2.76. The molecule has 0 spiro atoms. The van der Waals surface area contributed by atoms with E-state index in [-0.39, 0.29) is 11.8 Å². The second kappa shape index (κ2) is 4.40. The Bertz CT molecular complexity index is 374. The number of nitrogens with zero attached hydrogens (tertiary/aromatic N) is 2. The summed E-state index contributed by atoms with van der Waals surface area (Å²) >= 11 is 0. The molecule has 1 rings (SSSR count). The summed E-state index contributed by atoms with van der Waals surface area (Å²) < 4.78 is 4.43. The average molecular weight is 213 g/mol. The lowest BCUT2D eigenvalue weighted by atomic mass is 10.3. The Labute approximate surface area is 85.2 Å². The van der Waals surface area contributed by atoms with Crippen LogP contribution in [0.25, 0.3) is 0 Å². The Balaban J connectivity index is 2.60. The maximum Gasteiger partial charge on any atom is 0.328 e. The van der Waals surface area contributed by atoms with Gasteiger partial charge in [-0.2, -0.15) is 4.98 Å². The van der Waals surface area contributed by atoms with Crippen molar-refractivity contribution in [2.45, 2.75) is 13.0 Å². The highest BCUT2D eigenvalue weighted by Gasteiger charge is 2.18. The summed E-state index contributed by atoms with van der Waals surface area (Å²) in [5.41, 5.74) is 5.21. The van der Waals surface area contributed by atoms with Crippen LogP contribution in [0.4, 0.5) is 5.95 Å². The van der Waals surface area contributed by atoms with Gasteiger partial charge in [0.2, 0.25) is 11.8 Å². The third-order valence-electron chi connectivity index (χ3n) is 1.62. The van der Waals surface area contributed by atoms with Gasteiger partial charge in [0.1, 0.15) is 6.04 Å². The highest BCUT2D eigenvalue weighted by molar-refractivity contribution is 5.93. The Morgan fingerprint density at radius 1 is 1.60 bits per heavy atom. The number of rotatable bonds is 3. The molecule has 8 heteroatoms. The van der Waals surface area contributed by atoms with Crippen LogP contribution < -0.4 is 11.1 Å². The van der Waals surface area contributed by atoms with Gasteiger partial charge in [0.15, 0.2) is 0 Å². The monoisotopic (exact) mass is 213 g/mol. The number of esters is 1. The quantitative estimate of drug-likeness (QED) is 0.535. The molecule has 1 aromatic rings. The van der Waals surface area contributed by atoms with Gasteiger partial charge >= 0.3 is 5.97 Å². The van der Waals surface area contributed by atoms with Crippen LogP contribution in [0.2, 0.25) is 0 Å². The molecular formula is C7H11N5O3. The van der Waals surface area contributed by atoms with Crippen LogP contribution in [0.1, 0.15) is 17.5 Å². The van der Waals surface area contributed by atoms with E-state index in [1.807, 2.05) is 0 Å². The molecule has 0 aromatic carbocycles. The molecule has 1 atom stereocenters. The highest BCUT2D eigenvalue weighted by Crippen LogP contribution is 1.94. The van der Waals surface area contributed by atoms with Crippen LogP contribution in [-0.4, -0.2) is 40.2 Å². The van der Waals surface area contributed by atoms with Crippen molar-refractivity contribution in [1.29, 1.82) is 0 Å². The number of nitrogen functional groups attached to an aromatic ring is 1. The number of ether oxygens (including phenoxy) is 1. The zero-order valence-electron chi connectivity index (χ0n) is 8.27. The summed E-state index contributed by atoms with van der Waals surface area (Å²) in [4.78, 5) is 26.0. The number of carbonyl (C=O) groups is 2. The summed E-state index contributed by atoms with van der Waals surface area (Å²) in [6, 6.07) is -0.756. The summed E-state index contributed by atoms with van der Waals surface area (Å²) in [5, 5.41) is 8.15. The van der Waals surface area contributed by atoms with Crippen LogP contribution in [0.5, 0.6) is 0 Å². The van der Waals surface area contributed by atoms with Gasteiger partial charge in [0.25, 0.3) is 5.91 Å². The van der Waals surface area contributed by atoms with Crippen LogP contribution in [0.3, 0.4) is 0 Å². The first kappa shape index (κ1) is 11.0. The van der Waals surface area contributed by atoms with Crippen molar-refractivity contribution in [3.63, 3.8) is 0 Å². The van der Waals surface area contributed by atoms with E-state index in [0.717, 1.165) is 0 Å². The number of methoxy groups -OCH3 is 1. The molecule has 4 N–H and O–H groups in total. The van der Waals surface area contributed by atoms with Crippen molar-refractivity contribution in [2.24, 2.45) is 0 Å². The van der Waals surface area contributed by atoms with Crippen molar-refractivity contribution in [1.82, 2.24) is 20.5 Å². The third kappa shape index (κ3) is 2.66. The van der Waals surface area contributed by atoms with E-state index < -0.39 is 17.9 Å². The Morgan fingerprint density at radius 2 is 2.27 bits per heavy atom. The molecule has 0 aliphatic rings. The first-order chi connectivity index (χ1) is 7.04. The van der Waals surface area contributed by atoms with Crippen LogP contribution in [0, 0.1) is 0 Å². The molecule has 0 aliphatic heterocycles. The highest BCUT2D eigenvalue weighted by atomic mass is 16.5. The fourth-order valence-corrected chi connectivity index (χ4v) is 0.877. The van der Waals surface area contributed by atoms with Gasteiger partial charge in [-0.05, 0) is 6.92 Å². The molecule has 0 fully saturated rings. The van der Waals surface area contributed by atoms with E-state index in [1.54, 1.807) is 0 Å². The van der Waals surface area contributed by atoms with E-state index in [2.05, 4.69) is 25.2 Å². The Morgan fingerprint density at radius 3 is 2.73 bits per heavy atom. The van der Waals surface area contributed by atoms with Crippen molar-refractivity contribution < 1.29 is 14.3 Å². The van der Waals surface area contributed by atoms with Gasteiger partial charge < -0.3 is 15.8 Å². The molecule has 1 amide bonds. The lowest BCUT2D eigenvalue weighted by Crippen LogP contribution is -2.39. The summed E-state index contributed by atoms with van der Waals surface area (Å²) in [5.74, 6) is -1.21. The largest absolute Gasteiger partial charge is 0.467 e. The topological polar surface area (TPSA) is 123 Å². The number of hydrogen-bond donors (Lipinski definition) is 3. The fourth-order valence-electron chi connectivity index (χ4n) is 0.877. The van der Waals surface area contributed by atoms with Gasteiger partial charge in [-0.3, -0.25) is 9.89 Å². The lowest BCUT2D eigenvalue weighted by Gasteiger charge is -2.09. The van der Waals surface area contributed by atoms with Gasteiger partial charge in [0.05, 0.1) is 7.11 Å². The number of hydrogen-bond acceptors (Lipinski definition) is 6. The van der Waals surface area contributed by atoms with Gasteiger partial charge in [-0.15, -0.1) is 5.10 Å². The summed E-state index contributed by atoms with van der Waals surface area (Å²) in [7, 11) is 1.23. The molecule has 0 aliphatic carbocycles. The molecule has 15 heavy (non-hydrogen) atoms. The SMILES string of the molecule is COC(=O)[C@H](C)NC(=O)c1nc(N)n[nH]1. The van der Waals surface area contributed by atoms with Crippen molar-refractivity contribution >= 4 is 17.8 Å². The molecule has 0 saturated heterocycles. The van der Waals surface area contributed by atoms with Gasteiger partial charge in [-0.1, -0.05) is 0 Å². The van der Waals surface area contributed by atoms with Gasteiger partial charge in [-0.25, -0.2) is 4.79 Å². The number of aromatic nitrogens is 3. The normalized spacial score (nSPS) is 11.9. The maximum atomic E-state index is 11.4. The van der Waals surface area contributed by atoms with E-state index >= 15 is 0 Å². The van der Waals surface area contributed by atoms with Crippen LogP contribution >= 0.6 is 0 Å². The summed E-state index contributed by atoms with van der Waals surface area (Å²) in [6.45, 7) is 1.49. The molecular weight excluding hydrogens is 202 g/mol. The molecule has 1 aromatic heterocycles. The van der Waals surface area contributed by atoms with Crippen molar-refractivity contribution in [3.05, 3.63) is 5.82 Å². The molecule has 0 unspecified atom stereocenters. The molecule has 8 nitrogen and oxygen atoms in total. The Kier molecular flexibility index (Phi) is 3.21. The molecule has 0 bridgehead atoms. The smallest absolute Gasteiger partial charge is 0.328 e. The van der Waals surface area contributed by atoms with E-state index in [9.17, 15) is 9.59 Å². The van der Waals surface area contributed by atoms with E-state index in [0.29, 0.717) is 0 Å². The number of amides is 1. The predicted octanol–water partition coefficient (Wildman–Crippen LogP) is -1.32. The third-order valence-corrected chi connectivity index (χ3v) is 1.62. The zero-order chi connectivity index (χ0) is 11.4. The number of nitrogens with one attached hydrogen (secondary N) is 2. The minimum Gasteiger partial charge on any atom is -0.467 e. The second-order valence-corrected chi connectivity index (χ2v) is 2.76. The number of H-pyrrole nitrogens is 1. The molecule has 82 valence electrons. The molecule has 0 radical (unpaired) electrons. The first-order valence-corrected chi connectivity index (χ1v) is 4.11. The maximum absolute atomic E-state index is 11.4. The van der Waals surface area contributed by atoms with Crippen molar-refractivity contribution in [2.75, 3.05) is 12.8 Å². The minimum absolute atomic E-state index is 0.0362. The molecule has 1 heterocycles. The van der Waals surface area contributed by atoms with E-state index in [4.69, 9.17) is 5.73 Å². The minimum atomic E-state index is -0.756. The fraction of sp³-hybridized carbons (Fsp3) is 0.429. The van der Waals surface area contributed by atoms with Crippen LogP contribution in [0.15, 0.2) is 0 Å². The Hall–Kier alpha value is -2.12.